The maximum Gasteiger partial charge on any atom is 0.344 e. The van der Waals surface area contributed by atoms with Crippen molar-refractivity contribution in [1.29, 1.82) is 0 Å². The minimum atomic E-state index is -0.637. The third-order valence-corrected chi connectivity index (χ3v) is 3.83. The maximum atomic E-state index is 11.7. The molecule has 3 aromatic rings. The lowest BCUT2D eigenvalue weighted by molar-refractivity contribution is -0.150. The molecule has 0 spiro atoms. The van der Waals surface area contributed by atoms with Crippen molar-refractivity contribution in [2.24, 2.45) is 0 Å². The molecule has 0 radical (unpaired) electrons. The predicted molar refractivity (Wildman–Crippen MR) is 104 cm³/mol. The molecule has 2 aromatic carbocycles. The third kappa shape index (κ3) is 7.06. The van der Waals surface area contributed by atoms with Crippen LogP contribution in [-0.2, 0) is 27.5 Å². The molecule has 1 amide bonds. The molecule has 0 atom stereocenters. The Bertz CT molecular complexity index is 891. The first kappa shape index (κ1) is 20.0. The van der Waals surface area contributed by atoms with E-state index < -0.39 is 11.9 Å². The van der Waals surface area contributed by atoms with Crippen LogP contribution >= 0.6 is 0 Å². The number of hydrogen-bond acceptors (Lipinski definition) is 6. The summed E-state index contributed by atoms with van der Waals surface area (Å²) in [5.74, 6) is 0.745. The summed E-state index contributed by atoms with van der Waals surface area (Å²) in [7, 11) is 0. The molecule has 3 rings (SSSR count). The summed E-state index contributed by atoms with van der Waals surface area (Å²) in [6.07, 6.45) is 1.51. The van der Waals surface area contributed by atoms with Gasteiger partial charge in [-0.2, -0.15) is 0 Å². The first-order valence-electron chi connectivity index (χ1n) is 9.03. The van der Waals surface area contributed by atoms with Crippen LogP contribution < -0.4 is 14.8 Å². The summed E-state index contributed by atoms with van der Waals surface area (Å²) in [6, 6.07) is 20.2. The zero-order valence-electron chi connectivity index (χ0n) is 15.7. The first-order chi connectivity index (χ1) is 14.2. The highest BCUT2D eigenvalue weighted by Crippen LogP contribution is 2.18. The smallest absolute Gasteiger partial charge is 0.344 e. The van der Waals surface area contributed by atoms with Gasteiger partial charge in [0.05, 0.1) is 12.8 Å². The van der Waals surface area contributed by atoms with Gasteiger partial charge >= 0.3 is 5.97 Å². The molecule has 29 heavy (non-hydrogen) atoms. The molecule has 0 aliphatic rings. The minimum absolute atomic E-state index is 0.235. The van der Waals surface area contributed by atoms with Crippen LogP contribution in [0.5, 0.6) is 11.5 Å². The standard InChI is InChI=1S/C22H21NO6/c24-21(23-13-20-7-4-12-26-20)15-29-22(25)16-28-19-10-8-18(9-11-19)27-14-17-5-2-1-3-6-17/h1-12H,13-16H2,(H,23,24). The van der Waals surface area contributed by atoms with Crippen LogP contribution in [-0.4, -0.2) is 25.1 Å². The molecule has 1 aromatic heterocycles. The number of ether oxygens (including phenoxy) is 3. The molecule has 150 valence electrons. The van der Waals surface area contributed by atoms with Crippen LogP contribution in [0.2, 0.25) is 0 Å². The van der Waals surface area contributed by atoms with Crippen molar-refractivity contribution in [2.75, 3.05) is 13.2 Å². The maximum absolute atomic E-state index is 11.7. The van der Waals surface area contributed by atoms with Crippen LogP contribution in [0.1, 0.15) is 11.3 Å². The van der Waals surface area contributed by atoms with Gasteiger partial charge in [-0.3, -0.25) is 4.79 Å². The second-order valence-corrected chi connectivity index (χ2v) is 6.05. The summed E-state index contributed by atoms with van der Waals surface area (Å²) in [6.45, 7) is 0.0266. The van der Waals surface area contributed by atoms with E-state index in [2.05, 4.69) is 5.32 Å². The van der Waals surface area contributed by atoms with Gasteiger partial charge in [-0.1, -0.05) is 30.3 Å². The van der Waals surface area contributed by atoms with Crippen molar-refractivity contribution < 1.29 is 28.2 Å². The fourth-order valence-corrected chi connectivity index (χ4v) is 2.35. The molecule has 0 aliphatic heterocycles. The van der Waals surface area contributed by atoms with Gasteiger partial charge in [0, 0.05) is 0 Å². The van der Waals surface area contributed by atoms with Crippen LogP contribution in [0.15, 0.2) is 77.4 Å². The van der Waals surface area contributed by atoms with Crippen LogP contribution in [0.25, 0.3) is 0 Å². The monoisotopic (exact) mass is 395 g/mol. The van der Waals surface area contributed by atoms with E-state index in [4.69, 9.17) is 18.6 Å². The second-order valence-electron chi connectivity index (χ2n) is 6.05. The Morgan fingerprint density at radius 3 is 2.24 bits per heavy atom. The Hall–Kier alpha value is -3.74. The van der Waals surface area contributed by atoms with E-state index in [1.165, 1.54) is 6.26 Å². The molecule has 1 heterocycles. The molecule has 0 saturated carbocycles. The van der Waals surface area contributed by atoms with Crippen LogP contribution in [0.4, 0.5) is 0 Å². The lowest BCUT2D eigenvalue weighted by Crippen LogP contribution is -2.29. The first-order valence-corrected chi connectivity index (χ1v) is 9.03. The van der Waals surface area contributed by atoms with E-state index in [1.807, 2.05) is 30.3 Å². The number of amides is 1. The Kier molecular flexibility index (Phi) is 7.28. The van der Waals surface area contributed by atoms with Gasteiger partial charge in [0.15, 0.2) is 13.2 Å². The Morgan fingerprint density at radius 2 is 1.55 bits per heavy atom. The van der Waals surface area contributed by atoms with E-state index in [9.17, 15) is 9.59 Å². The molecule has 0 fully saturated rings. The summed E-state index contributed by atoms with van der Waals surface area (Å²) in [5, 5.41) is 2.58. The van der Waals surface area contributed by atoms with Gasteiger partial charge in [0.25, 0.3) is 5.91 Å². The number of furan rings is 1. The summed E-state index contributed by atoms with van der Waals surface area (Å²) in [5.41, 5.74) is 1.07. The minimum Gasteiger partial charge on any atom is -0.489 e. The quantitative estimate of drug-likeness (QED) is 0.531. The fourth-order valence-electron chi connectivity index (χ4n) is 2.35. The topological polar surface area (TPSA) is 87.0 Å². The molecule has 0 saturated heterocycles. The highest BCUT2D eigenvalue weighted by molar-refractivity contribution is 5.80. The molecule has 7 heteroatoms. The Morgan fingerprint density at radius 1 is 0.828 bits per heavy atom. The number of benzene rings is 2. The van der Waals surface area contributed by atoms with Crippen molar-refractivity contribution in [3.05, 3.63) is 84.3 Å². The van der Waals surface area contributed by atoms with Crippen molar-refractivity contribution in [3.63, 3.8) is 0 Å². The fraction of sp³-hybridized carbons (Fsp3) is 0.182. The van der Waals surface area contributed by atoms with E-state index in [0.29, 0.717) is 23.9 Å². The van der Waals surface area contributed by atoms with Crippen molar-refractivity contribution in [1.82, 2.24) is 5.32 Å². The van der Waals surface area contributed by atoms with Gasteiger partial charge in [-0.15, -0.1) is 0 Å². The lowest BCUT2D eigenvalue weighted by atomic mass is 10.2. The number of carbonyl (C=O) groups excluding carboxylic acids is 2. The molecular weight excluding hydrogens is 374 g/mol. The van der Waals surface area contributed by atoms with Gasteiger partial charge in [-0.25, -0.2) is 4.79 Å². The van der Waals surface area contributed by atoms with Gasteiger partial charge < -0.3 is 23.9 Å². The normalized spacial score (nSPS) is 10.2. The van der Waals surface area contributed by atoms with E-state index in [0.717, 1.165) is 5.56 Å². The van der Waals surface area contributed by atoms with E-state index in [1.54, 1.807) is 36.4 Å². The molecule has 7 nitrogen and oxygen atoms in total. The van der Waals surface area contributed by atoms with Crippen molar-refractivity contribution in [2.45, 2.75) is 13.2 Å². The van der Waals surface area contributed by atoms with Crippen LogP contribution in [0, 0.1) is 0 Å². The summed E-state index contributed by atoms with van der Waals surface area (Å²) >= 11 is 0. The highest BCUT2D eigenvalue weighted by Gasteiger charge is 2.09. The number of nitrogens with one attached hydrogen (secondary N) is 1. The van der Waals surface area contributed by atoms with Gasteiger partial charge in [0.1, 0.15) is 23.9 Å². The molecule has 1 N–H and O–H groups in total. The molecule has 0 bridgehead atoms. The number of carbonyl (C=O) groups is 2. The number of hydrogen-bond donors (Lipinski definition) is 1. The highest BCUT2D eigenvalue weighted by atomic mass is 16.6. The molecule has 0 aliphatic carbocycles. The summed E-state index contributed by atoms with van der Waals surface area (Å²) < 4.78 is 21.0. The third-order valence-electron chi connectivity index (χ3n) is 3.83. The summed E-state index contributed by atoms with van der Waals surface area (Å²) in [4.78, 5) is 23.3. The lowest BCUT2D eigenvalue weighted by Gasteiger charge is -2.09. The number of esters is 1. The predicted octanol–water partition coefficient (Wildman–Crippen LogP) is 3.10. The Balaban J connectivity index is 1.32. The van der Waals surface area contributed by atoms with Crippen molar-refractivity contribution in [3.8, 4) is 11.5 Å². The zero-order chi connectivity index (χ0) is 20.3. The zero-order valence-corrected chi connectivity index (χ0v) is 15.7. The van der Waals surface area contributed by atoms with Crippen LogP contribution in [0.3, 0.4) is 0 Å². The van der Waals surface area contributed by atoms with Gasteiger partial charge in [-0.05, 0) is 42.0 Å². The van der Waals surface area contributed by atoms with Gasteiger partial charge in [0.2, 0.25) is 0 Å². The largest absolute Gasteiger partial charge is 0.489 e. The van der Waals surface area contributed by atoms with E-state index >= 15 is 0 Å². The molecule has 0 unspecified atom stereocenters. The number of rotatable bonds is 10. The second kappa shape index (κ2) is 10.6. The van der Waals surface area contributed by atoms with E-state index in [-0.39, 0.29) is 19.8 Å². The van der Waals surface area contributed by atoms with Crippen molar-refractivity contribution >= 4 is 11.9 Å². The Labute approximate surface area is 168 Å². The SMILES string of the molecule is O=C(COC(=O)COc1ccc(OCc2ccccc2)cc1)NCc1ccco1. The average Bonchev–Trinajstić information content (AvgIpc) is 3.28. The average molecular weight is 395 g/mol. The molecular formula is C22H21NO6.